The van der Waals surface area contributed by atoms with Crippen LogP contribution in [0.1, 0.15) is 31.4 Å². The molecule has 1 unspecified atom stereocenters. The predicted molar refractivity (Wildman–Crippen MR) is 138 cm³/mol. The fourth-order valence-corrected chi connectivity index (χ4v) is 4.10. The van der Waals surface area contributed by atoms with Gasteiger partial charge in [0, 0.05) is 12.1 Å². The molecule has 1 aliphatic carbocycles. The van der Waals surface area contributed by atoms with Crippen LogP contribution in [0, 0.1) is 16.7 Å². The van der Waals surface area contributed by atoms with Gasteiger partial charge in [-0.3, -0.25) is 4.79 Å². The fraction of sp³-hybridized carbons (Fsp3) is 0.333. The largest absolute Gasteiger partial charge is 0.491 e. The Bertz CT molecular complexity index is 1190. The van der Waals surface area contributed by atoms with Crippen LogP contribution in [-0.4, -0.2) is 41.0 Å². The van der Waals surface area contributed by atoms with E-state index in [1.54, 1.807) is 24.3 Å². The number of carboxylic acids is 1. The highest BCUT2D eigenvalue weighted by molar-refractivity contribution is 6.42. The molecule has 6 nitrogen and oxygen atoms in total. The lowest BCUT2D eigenvalue weighted by atomic mass is 9.80. The van der Waals surface area contributed by atoms with Crippen molar-refractivity contribution in [1.82, 2.24) is 5.32 Å². The average Bonchev–Trinajstić information content (AvgIpc) is 2.83. The van der Waals surface area contributed by atoms with E-state index in [9.17, 15) is 20.3 Å². The zero-order valence-corrected chi connectivity index (χ0v) is 21.1. The highest BCUT2D eigenvalue weighted by atomic mass is 35.5. The zero-order chi connectivity index (χ0) is 25.6. The fourth-order valence-electron chi connectivity index (χ4n) is 3.78. The van der Waals surface area contributed by atoms with Crippen molar-refractivity contribution in [3.8, 4) is 11.8 Å². The molecule has 2 aromatic carbocycles. The molecule has 2 atom stereocenters. The van der Waals surface area contributed by atoms with Gasteiger partial charge in [0.2, 0.25) is 0 Å². The molecule has 0 saturated carbocycles. The number of allylic oxidation sites excluding steroid dienone is 3. The van der Waals surface area contributed by atoms with Crippen molar-refractivity contribution in [3.63, 3.8) is 0 Å². The van der Waals surface area contributed by atoms with Crippen molar-refractivity contribution in [1.29, 1.82) is 5.26 Å². The second-order valence-electron chi connectivity index (χ2n) is 9.27. The third-order valence-corrected chi connectivity index (χ3v) is 6.57. The predicted octanol–water partition coefficient (Wildman–Crippen LogP) is 5.28. The van der Waals surface area contributed by atoms with Gasteiger partial charge < -0.3 is 20.3 Å². The zero-order valence-electron chi connectivity index (χ0n) is 19.6. The van der Waals surface area contributed by atoms with Gasteiger partial charge in [-0.25, -0.2) is 0 Å². The highest BCUT2D eigenvalue weighted by Crippen LogP contribution is 2.34. The Morgan fingerprint density at radius 2 is 2.03 bits per heavy atom. The van der Waals surface area contributed by atoms with Crippen LogP contribution in [0.15, 0.2) is 60.7 Å². The van der Waals surface area contributed by atoms with E-state index in [1.807, 2.05) is 50.2 Å². The van der Waals surface area contributed by atoms with E-state index < -0.39 is 17.5 Å². The molecule has 3 rings (SSSR count). The van der Waals surface area contributed by atoms with Gasteiger partial charge >= 0.3 is 5.97 Å². The van der Waals surface area contributed by atoms with Gasteiger partial charge in [0.25, 0.3) is 0 Å². The van der Waals surface area contributed by atoms with Crippen molar-refractivity contribution in [2.24, 2.45) is 5.41 Å². The number of aliphatic hydroxyl groups excluding tert-OH is 1. The molecule has 1 aliphatic rings. The summed E-state index contributed by atoms with van der Waals surface area (Å²) in [5.41, 5.74) is 0.884. The van der Waals surface area contributed by atoms with Gasteiger partial charge in [-0.15, -0.1) is 0 Å². The van der Waals surface area contributed by atoms with Crippen molar-refractivity contribution in [2.75, 3.05) is 13.2 Å². The Morgan fingerprint density at radius 1 is 1.26 bits per heavy atom. The number of β-amino-alcohol motifs (C(OH)–C–C–N with tert-alkyl or cyclic N) is 1. The number of nitriles is 1. The number of rotatable bonds is 10. The third-order valence-electron chi connectivity index (χ3n) is 5.83. The lowest BCUT2D eigenvalue weighted by Crippen LogP contribution is -2.46. The number of benzene rings is 2. The Morgan fingerprint density at radius 3 is 2.66 bits per heavy atom. The van der Waals surface area contributed by atoms with Gasteiger partial charge in [-0.05, 0) is 67.7 Å². The molecule has 35 heavy (non-hydrogen) atoms. The summed E-state index contributed by atoms with van der Waals surface area (Å²) < 4.78 is 5.79. The summed E-state index contributed by atoms with van der Waals surface area (Å²) in [5.74, 6) is -0.576. The normalized spacial score (nSPS) is 18.5. The van der Waals surface area contributed by atoms with Crippen molar-refractivity contribution >= 4 is 34.7 Å². The number of carbonyl (C=O) groups is 1. The van der Waals surface area contributed by atoms with Crippen LogP contribution in [0.5, 0.6) is 5.75 Å². The van der Waals surface area contributed by atoms with Gasteiger partial charge in [-0.2, -0.15) is 5.26 Å². The van der Waals surface area contributed by atoms with Gasteiger partial charge in [0.1, 0.15) is 18.5 Å². The van der Waals surface area contributed by atoms with Gasteiger partial charge in [0.15, 0.2) is 5.41 Å². The Balaban J connectivity index is 1.52. The minimum Gasteiger partial charge on any atom is -0.491 e. The first-order chi connectivity index (χ1) is 16.5. The van der Waals surface area contributed by atoms with Gasteiger partial charge in [0.05, 0.1) is 16.1 Å². The molecule has 0 aliphatic heterocycles. The molecule has 8 heteroatoms. The van der Waals surface area contributed by atoms with Crippen LogP contribution < -0.4 is 10.1 Å². The van der Waals surface area contributed by atoms with Crippen molar-refractivity contribution < 1.29 is 19.7 Å². The highest BCUT2D eigenvalue weighted by Gasteiger charge is 2.36. The molecule has 184 valence electrons. The van der Waals surface area contributed by atoms with Crippen LogP contribution in [-0.2, 0) is 11.2 Å². The molecule has 0 heterocycles. The maximum atomic E-state index is 11.4. The smallest absolute Gasteiger partial charge is 0.328 e. The van der Waals surface area contributed by atoms with E-state index in [0.717, 1.165) is 16.7 Å². The molecule has 0 spiro atoms. The van der Waals surface area contributed by atoms with E-state index in [0.29, 0.717) is 28.8 Å². The topological polar surface area (TPSA) is 103 Å². The molecular weight excluding hydrogens is 487 g/mol. The summed E-state index contributed by atoms with van der Waals surface area (Å²) in [6, 6.07) is 14.8. The standard InChI is InChI=1S/C27H28Cl2N2O4/c1-26(2,14-18-6-7-23(28)24(29)12-18)31-15-21(32)16-35-22-5-3-4-20(13-22)19-8-10-27(17-30,11-9-19)25(33)34/h3-10,12-13,21,31-32H,11,14-16H2,1-2H3,(H,33,34)/t21-,27?/m1/s1. The van der Waals surface area contributed by atoms with Crippen LogP contribution >= 0.6 is 23.2 Å². The van der Waals surface area contributed by atoms with Crippen LogP contribution in [0.2, 0.25) is 10.0 Å². The van der Waals surface area contributed by atoms with Crippen molar-refractivity contribution in [3.05, 3.63) is 81.9 Å². The first-order valence-corrected chi connectivity index (χ1v) is 11.9. The Hall–Kier alpha value is -2.82. The third kappa shape index (κ3) is 7.09. The van der Waals surface area contributed by atoms with Gasteiger partial charge in [-0.1, -0.05) is 59.6 Å². The number of halogens is 2. The minimum atomic E-state index is -1.53. The lowest BCUT2D eigenvalue weighted by molar-refractivity contribution is -0.143. The second-order valence-corrected chi connectivity index (χ2v) is 10.1. The maximum Gasteiger partial charge on any atom is 0.328 e. The van der Waals surface area contributed by atoms with Crippen LogP contribution in [0.3, 0.4) is 0 Å². The first-order valence-electron chi connectivity index (χ1n) is 11.2. The molecular formula is C27H28Cl2N2O4. The number of nitrogens with one attached hydrogen (secondary N) is 1. The monoisotopic (exact) mass is 514 g/mol. The van der Waals surface area contributed by atoms with Crippen LogP contribution in [0.25, 0.3) is 5.57 Å². The number of aliphatic carboxylic acids is 1. The maximum absolute atomic E-state index is 11.4. The molecule has 0 saturated heterocycles. The molecule has 3 N–H and O–H groups in total. The summed E-state index contributed by atoms with van der Waals surface area (Å²) in [6.07, 6.45) is 4.88. The number of hydrogen-bond donors (Lipinski definition) is 3. The SMILES string of the molecule is CC(C)(Cc1ccc(Cl)c(Cl)c1)NC[C@@H](O)COc1cccc(C2=CCC(C#N)(C(=O)O)C=C2)c1. The summed E-state index contributed by atoms with van der Waals surface area (Å²) in [5, 5.41) is 33.4. The molecule has 0 fully saturated rings. The molecule has 0 aromatic heterocycles. The van der Waals surface area contributed by atoms with Crippen LogP contribution in [0.4, 0.5) is 0 Å². The quantitative estimate of drug-likeness (QED) is 0.398. The molecule has 0 bridgehead atoms. The lowest BCUT2D eigenvalue weighted by Gasteiger charge is -2.28. The number of nitrogens with zero attached hydrogens (tertiary/aromatic N) is 1. The average molecular weight is 515 g/mol. The summed E-state index contributed by atoms with van der Waals surface area (Å²) in [7, 11) is 0. The second kappa shape index (κ2) is 11.3. The Kier molecular flexibility index (Phi) is 8.63. The van der Waals surface area contributed by atoms with E-state index in [4.69, 9.17) is 27.9 Å². The van der Waals surface area contributed by atoms with Crippen molar-refractivity contribution in [2.45, 2.75) is 38.3 Å². The molecule has 0 radical (unpaired) electrons. The van der Waals surface area contributed by atoms with E-state index in [1.165, 1.54) is 6.08 Å². The van der Waals surface area contributed by atoms with E-state index >= 15 is 0 Å². The number of ether oxygens (including phenoxy) is 1. The summed E-state index contributed by atoms with van der Waals surface area (Å²) >= 11 is 12.1. The van der Waals surface area contributed by atoms with E-state index in [-0.39, 0.29) is 18.6 Å². The molecule has 0 amide bonds. The summed E-state index contributed by atoms with van der Waals surface area (Å²) in [6.45, 7) is 4.53. The van der Waals surface area contributed by atoms with E-state index in [2.05, 4.69) is 5.32 Å². The first kappa shape index (κ1) is 26.8. The number of aliphatic hydroxyl groups is 1. The number of carboxylic acid groups (broad SMARTS) is 1. The minimum absolute atomic E-state index is 0.0954. The number of hydrogen-bond acceptors (Lipinski definition) is 5. The summed E-state index contributed by atoms with van der Waals surface area (Å²) in [4.78, 5) is 11.4. The Labute approximate surface area is 215 Å². The molecule has 2 aromatic rings.